The predicted octanol–water partition coefficient (Wildman–Crippen LogP) is 3.96. The molecule has 0 saturated carbocycles. The fourth-order valence-electron chi connectivity index (χ4n) is 3.48. The monoisotopic (exact) mass is 424 g/mol. The number of carbonyl (C=O) groups excluding carboxylic acids is 2. The van der Waals surface area contributed by atoms with Crippen molar-refractivity contribution < 1.29 is 23.8 Å². The zero-order valence-corrected chi connectivity index (χ0v) is 16.7. The number of pyridine rings is 1. The molecule has 3 heterocycles. The molecule has 1 fully saturated rings. The first-order chi connectivity index (χ1) is 14.5. The van der Waals surface area contributed by atoms with Crippen LogP contribution in [0.3, 0.4) is 0 Å². The number of halogens is 1. The molecule has 1 N–H and O–H groups in total. The number of nitrogens with zero attached hydrogens (tertiary/aromatic N) is 2. The Labute approximate surface area is 177 Å². The van der Waals surface area contributed by atoms with Crippen LogP contribution in [-0.4, -0.2) is 33.8 Å². The topological polar surface area (TPSA) is 92.9 Å². The van der Waals surface area contributed by atoms with Crippen LogP contribution in [0.25, 0.3) is 5.76 Å². The summed E-state index contributed by atoms with van der Waals surface area (Å²) in [5.74, 6) is -1.29. The lowest BCUT2D eigenvalue weighted by Crippen LogP contribution is -2.29. The van der Waals surface area contributed by atoms with Crippen molar-refractivity contribution in [1.29, 1.82) is 0 Å². The predicted molar refractivity (Wildman–Crippen MR) is 109 cm³/mol. The van der Waals surface area contributed by atoms with Gasteiger partial charge in [-0.25, -0.2) is 0 Å². The molecule has 4 rings (SSSR count). The van der Waals surface area contributed by atoms with E-state index in [1.165, 1.54) is 24.3 Å². The number of hydrogen-bond donors (Lipinski definition) is 1. The van der Waals surface area contributed by atoms with Gasteiger partial charge in [0.1, 0.15) is 23.3 Å². The number of ketones is 1. The molecule has 1 aromatic carbocycles. The minimum absolute atomic E-state index is 0.0978. The number of Topliss-reactive ketones (excluding diaryl/α,β-unsaturated/α-hetero) is 1. The number of aromatic nitrogens is 1. The average Bonchev–Trinajstić information content (AvgIpc) is 3.37. The third-order valence-corrected chi connectivity index (χ3v) is 5.08. The van der Waals surface area contributed by atoms with E-state index >= 15 is 0 Å². The lowest BCUT2D eigenvalue weighted by molar-refractivity contribution is -0.140. The number of methoxy groups -OCH3 is 1. The van der Waals surface area contributed by atoms with Crippen molar-refractivity contribution in [2.45, 2.75) is 12.6 Å². The van der Waals surface area contributed by atoms with Gasteiger partial charge < -0.3 is 19.2 Å². The zero-order valence-electron chi connectivity index (χ0n) is 15.9. The Kier molecular flexibility index (Phi) is 5.29. The summed E-state index contributed by atoms with van der Waals surface area (Å²) in [6, 6.07) is 10.6. The van der Waals surface area contributed by atoms with Crippen molar-refractivity contribution in [2.75, 3.05) is 7.11 Å². The second-order valence-electron chi connectivity index (χ2n) is 6.65. The van der Waals surface area contributed by atoms with E-state index in [2.05, 4.69) is 4.98 Å². The first kappa shape index (κ1) is 19.7. The van der Waals surface area contributed by atoms with E-state index in [1.807, 2.05) is 0 Å². The molecule has 0 aliphatic carbocycles. The Morgan fingerprint density at radius 2 is 2.10 bits per heavy atom. The number of furan rings is 1. The second-order valence-corrected chi connectivity index (χ2v) is 7.08. The third kappa shape index (κ3) is 3.44. The molecule has 7 nitrogen and oxygen atoms in total. The summed E-state index contributed by atoms with van der Waals surface area (Å²) in [5.41, 5.74) is 0.844. The van der Waals surface area contributed by atoms with Crippen LogP contribution in [0.2, 0.25) is 5.02 Å². The molecule has 152 valence electrons. The van der Waals surface area contributed by atoms with Crippen LogP contribution in [0.4, 0.5) is 0 Å². The number of ether oxygens (including phenoxy) is 1. The maximum absolute atomic E-state index is 13.0. The van der Waals surface area contributed by atoms with Crippen LogP contribution < -0.4 is 4.74 Å². The SMILES string of the molecule is COc1ccc(Cl)cc1C(O)=C1C(=O)C(=O)N(Cc2cccnc2)C1c1ccco1. The number of rotatable bonds is 5. The normalized spacial score (nSPS) is 18.1. The molecule has 0 bridgehead atoms. The Hall–Kier alpha value is -3.58. The van der Waals surface area contributed by atoms with Crippen LogP contribution in [0, 0.1) is 0 Å². The van der Waals surface area contributed by atoms with Gasteiger partial charge in [0.15, 0.2) is 0 Å². The molecule has 30 heavy (non-hydrogen) atoms. The Morgan fingerprint density at radius 1 is 1.27 bits per heavy atom. The van der Waals surface area contributed by atoms with Gasteiger partial charge in [-0.15, -0.1) is 0 Å². The van der Waals surface area contributed by atoms with Crippen LogP contribution in [-0.2, 0) is 16.1 Å². The Balaban J connectivity index is 1.88. The summed E-state index contributed by atoms with van der Waals surface area (Å²) >= 11 is 6.08. The Bertz CT molecular complexity index is 1130. The van der Waals surface area contributed by atoms with Crippen LogP contribution in [0.15, 0.2) is 71.1 Å². The highest BCUT2D eigenvalue weighted by atomic mass is 35.5. The van der Waals surface area contributed by atoms with Crippen molar-refractivity contribution >= 4 is 29.1 Å². The fourth-order valence-corrected chi connectivity index (χ4v) is 3.66. The fraction of sp³-hybridized carbons (Fsp3) is 0.136. The van der Waals surface area contributed by atoms with Gasteiger partial charge in [-0.1, -0.05) is 17.7 Å². The highest BCUT2D eigenvalue weighted by molar-refractivity contribution is 6.46. The van der Waals surface area contributed by atoms with E-state index in [9.17, 15) is 14.7 Å². The minimum atomic E-state index is -0.913. The minimum Gasteiger partial charge on any atom is -0.507 e. The highest BCUT2D eigenvalue weighted by Gasteiger charge is 2.47. The molecular weight excluding hydrogens is 408 g/mol. The van der Waals surface area contributed by atoms with E-state index in [0.29, 0.717) is 16.5 Å². The first-order valence-electron chi connectivity index (χ1n) is 9.06. The van der Waals surface area contributed by atoms with Crippen molar-refractivity contribution in [3.63, 3.8) is 0 Å². The van der Waals surface area contributed by atoms with Gasteiger partial charge in [0.05, 0.1) is 24.5 Å². The summed E-state index contributed by atoms with van der Waals surface area (Å²) in [5, 5.41) is 11.4. The van der Waals surface area contributed by atoms with Crippen molar-refractivity contribution in [3.05, 3.63) is 88.6 Å². The number of hydrogen-bond acceptors (Lipinski definition) is 6. The molecule has 3 aromatic rings. The summed E-state index contributed by atoms with van der Waals surface area (Å²) in [7, 11) is 1.44. The molecule has 0 spiro atoms. The maximum atomic E-state index is 13.0. The molecule has 2 aromatic heterocycles. The standard InChI is InChI=1S/C22H17ClN2O5/c1-29-16-7-6-14(23)10-15(16)20(26)18-19(17-5-3-9-30-17)25(22(28)21(18)27)12-13-4-2-8-24-11-13/h2-11,19,26H,12H2,1H3. The number of benzene rings is 1. The molecule has 1 amide bonds. The number of aliphatic hydroxyl groups is 1. The summed E-state index contributed by atoms with van der Waals surface area (Å²) in [6.45, 7) is 0.118. The molecule has 1 aliphatic rings. The largest absolute Gasteiger partial charge is 0.507 e. The number of aliphatic hydroxyl groups excluding tert-OH is 1. The summed E-state index contributed by atoms with van der Waals surface area (Å²) < 4.78 is 10.8. The lowest BCUT2D eigenvalue weighted by Gasteiger charge is -2.23. The van der Waals surface area contributed by atoms with E-state index in [4.69, 9.17) is 20.8 Å². The van der Waals surface area contributed by atoms with Gasteiger partial charge in [-0.05, 0) is 42.0 Å². The molecule has 8 heteroatoms. The van der Waals surface area contributed by atoms with Gasteiger partial charge in [0.2, 0.25) is 0 Å². The molecule has 1 unspecified atom stereocenters. The van der Waals surface area contributed by atoms with Crippen LogP contribution in [0.1, 0.15) is 22.9 Å². The van der Waals surface area contributed by atoms with Crippen molar-refractivity contribution in [3.8, 4) is 5.75 Å². The molecular formula is C22H17ClN2O5. The summed E-state index contributed by atoms with van der Waals surface area (Å²) in [4.78, 5) is 31.3. The molecule has 0 radical (unpaired) electrons. The van der Waals surface area contributed by atoms with E-state index in [0.717, 1.165) is 5.56 Å². The van der Waals surface area contributed by atoms with Gasteiger partial charge in [-0.2, -0.15) is 0 Å². The van der Waals surface area contributed by atoms with E-state index < -0.39 is 17.7 Å². The smallest absolute Gasteiger partial charge is 0.296 e. The average molecular weight is 425 g/mol. The Morgan fingerprint density at radius 3 is 2.77 bits per heavy atom. The molecule has 1 atom stereocenters. The van der Waals surface area contributed by atoms with Crippen molar-refractivity contribution in [2.24, 2.45) is 0 Å². The highest BCUT2D eigenvalue weighted by Crippen LogP contribution is 2.42. The molecule has 1 saturated heterocycles. The van der Waals surface area contributed by atoms with E-state index in [-0.39, 0.29) is 23.4 Å². The zero-order chi connectivity index (χ0) is 21.3. The summed E-state index contributed by atoms with van der Waals surface area (Å²) in [6.07, 6.45) is 4.67. The van der Waals surface area contributed by atoms with Gasteiger partial charge in [0.25, 0.3) is 11.7 Å². The number of likely N-dealkylation sites (tertiary alicyclic amines) is 1. The number of carbonyl (C=O) groups is 2. The first-order valence-corrected chi connectivity index (χ1v) is 9.43. The third-order valence-electron chi connectivity index (χ3n) is 4.84. The van der Waals surface area contributed by atoms with Gasteiger partial charge >= 0.3 is 0 Å². The lowest BCUT2D eigenvalue weighted by atomic mass is 9.98. The van der Waals surface area contributed by atoms with Gasteiger partial charge in [-0.3, -0.25) is 14.6 Å². The van der Waals surface area contributed by atoms with Crippen molar-refractivity contribution in [1.82, 2.24) is 9.88 Å². The molecule has 1 aliphatic heterocycles. The van der Waals surface area contributed by atoms with Crippen LogP contribution in [0.5, 0.6) is 5.75 Å². The number of amides is 1. The van der Waals surface area contributed by atoms with Crippen LogP contribution >= 0.6 is 11.6 Å². The maximum Gasteiger partial charge on any atom is 0.296 e. The quantitative estimate of drug-likeness (QED) is 0.378. The second kappa shape index (κ2) is 8.04. The van der Waals surface area contributed by atoms with Gasteiger partial charge in [0, 0.05) is 24.0 Å². The van der Waals surface area contributed by atoms with E-state index in [1.54, 1.807) is 48.8 Å².